The summed E-state index contributed by atoms with van der Waals surface area (Å²) in [6.07, 6.45) is 5.51. The highest BCUT2D eigenvalue weighted by molar-refractivity contribution is 6.31. The van der Waals surface area contributed by atoms with Gasteiger partial charge in [0, 0.05) is 18.2 Å². The molecule has 1 saturated carbocycles. The van der Waals surface area contributed by atoms with Gasteiger partial charge in [0.05, 0.1) is 11.7 Å². The van der Waals surface area contributed by atoms with Crippen molar-refractivity contribution in [2.75, 3.05) is 13.2 Å². The number of carbonyl (C=O) groups excluding carboxylic acids is 1. The van der Waals surface area contributed by atoms with Gasteiger partial charge < -0.3 is 14.8 Å². The first-order valence-corrected chi connectivity index (χ1v) is 10.9. The number of fused-ring (bicyclic) bond motifs is 1. The minimum Gasteiger partial charge on any atom is -0.486 e. The van der Waals surface area contributed by atoms with Gasteiger partial charge in [0.25, 0.3) is 0 Å². The summed E-state index contributed by atoms with van der Waals surface area (Å²) in [4.78, 5) is 12.7. The van der Waals surface area contributed by atoms with Crippen LogP contribution in [0, 0.1) is 18.8 Å². The topological polar surface area (TPSA) is 65.4 Å². The standard InChI is InChI=1S/C23H28ClN3O3/c1-14(2)13-27-23(24)18(15(3)26-27)7-9-21(28)25-22(16-4-5-16)17-6-8-19-20(12-17)30-11-10-29-19/h6-9,12,14,16,22H,4-5,10-11,13H2,1-3H3,(H,25,28)/b9-7+. The molecule has 0 spiro atoms. The number of aryl methyl sites for hydroxylation is 1. The van der Waals surface area contributed by atoms with Gasteiger partial charge in [-0.05, 0) is 55.4 Å². The number of rotatable bonds is 7. The van der Waals surface area contributed by atoms with Gasteiger partial charge in [-0.15, -0.1) is 0 Å². The maximum Gasteiger partial charge on any atom is 0.244 e. The average molecular weight is 430 g/mol. The molecule has 2 aliphatic rings. The van der Waals surface area contributed by atoms with Crippen molar-refractivity contribution in [3.63, 3.8) is 0 Å². The van der Waals surface area contributed by atoms with Crippen LogP contribution in [0.5, 0.6) is 11.5 Å². The molecule has 2 heterocycles. The third-order valence-corrected chi connectivity index (χ3v) is 5.76. The minimum absolute atomic E-state index is 0.0433. The maximum absolute atomic E-state index is 12.7. The molecule has 2 aromatic rings. The third-order valence-electron chi connectivity index (χ3n) is 5.37. The molecule has 1 amide bonds. The molecular formula is C23H28ClN3O3. The predicted molar refractivity (Wildman–Crippen MR) is 117 cm³/mol. The van der Waals surface area contributed by atoms with Gasteiger partial charge in [-0.25, -0.2) is 0 Å². The molecule has 1 fully saturated rings. The van der Waals surface area contributed by atoms with E-state index in [0.717, 1.165) is 47.7 Å². The zero-order chi connectivity index (χ0) is 21.3. The van der Waals surface area contributed by atoms with Gasteiger partial charge >= 0.3 is 0 Å². The monoisotopic (exact) mass is 429 g/mol. The SMILES string of the molecule is Cc1nn(CC(C)C)c(Cl)c1/C=C/C(=O)NC(c1ccc2c(c1)OCCO2)C1CC1. The maximum atomic E-state index is 12.7. The lowest BCUT2D eigenvalue weighted by Gasteiger charge is -2.22. The Bertz CT molecular complexity index is 963. The molecule has 160 valence electrons. The fourth-order valence-corrected chi connectivity index (χ4v) is 4.05. The Hall–Kier alpha value is -2.47. The van der Waals surface area contributed by atoms with Crippen LogP contribution in [0.2, 0.25) is 5.15 Å². The summed E-state index contributed by atoms with van der Waals surface area (Å²) < 4.78 is 13.1. The molecule has 30 heavy (non-hydrogen) atoms. The second-order valence-electron chi connectivity index (χ2n) is 8.43. The van der Waals surface area contributed by atoms with Gasteiger partial charge in [0.2, 0.25) is 5.91 Å². The molecule has 1 N–H and O–H groups in total. The van der Waals surface area contributed by atoms with Crippen LogP contribution < -0.4 is 14.8 Å². The first kappa shape index (κ1) is 20.8. The Kier molecular flexibility index (Phi) is 6.04. The molecule has 1 atom stereocenters. The first-order valence-electron chi connectivity index (χ1n) is 10.5. The lowest BCUT2D eigenvalue weighted by molar-refractivity contribution is -0.117. The molecule has 1 aliphatic carbocycles. The zero-order valence-electron chi connectivity index (χ0n) is 17.7. The van der Waals surface area contributed by atoms with Crippen molar-refractivity contribution in [2.45, 2.75) is 46.2 Å². The number of benzene rings is 1. The van der Waals surface area contributed by atoms with E-state index in [1.54, 1.807) is 16.8 Å². The normalized spacial score (nSPS) is 16.8. The van der Waals surface area contributed by atoms with Crippen LogP contribution in [0.25, 0.3) is 6.08 Å². The summed E-state index contributed by atoms with van der Waals surface area (Å²) >= 11 is 6.48. The highest BCUT2D eigenvalue weighted by atomic mass is 35.5. The molecule has 0 radical (unpaired) electrons. The Morgan fingerprint density at radius 3 is 2.73 bits per heavy atom. The van der Waals surface area contributed by atoms with Crippen molar-refractivity contribution >= 4 is 23.6 Å². The molecule has 0 saturated heterocycles. The van der Waals surface area contributed by atoms with Crippen molar-refractivity contribution in [1.82, 2.24) is 15.1 Å². The smallest absolute Gasteiger partial charge is 0.244 e. The molecular weight excluding hydrogens is 402 g/mol. The molecule has 1 aromatic carbocycles. The summed E-state index contributed by atoms with van der Waals surface area (Å²) in [7, 11) is 0. The number of amides is 1. The van der Waals surface area contributed by atoms with Crippen molar-refractivity contribution < 1.29 is 14.3 Å². The van der Waals surface area contributed by atoms with E-state index >= 15 is 0 Å². The van der Waals surface area contributed by atoms with E-state index in [1.165, 1.54) is 0 Å². The van der Waals surface area contributed by atoms with E-state index in [9.17, 15) is 4.79 Å². The Morgan fingerprint density at radius 1 is 1.30 bits per heavy atom. The minimum atomic E-state index is -0.145. The molecule has 0 bridgehead atoms. The first-order chi connectivity index (χ1) is 14.4. The van der Waals surface area contributed by atoms with Crippen molar-refractivity contribution in [1.29, 1.82) is 0 Å². The van der Waals surface area contributed by atoms with Gasteiger partial charge in [-0.3, -0.25) is 9.48 Å². The van der Waals surface area contributed by atoms with Crippen molar-refractivity contribution in [3.8, 4) is 11.5 Å². The number of aromatic nitrogens is 2. The third kappa shape index (κ3) is 4.64. The summed E-state index contributed by atoms with van der Waals surface area (Å²) in [5, 5.41) is 8.22. The highest BCUT2D eigenvalue weighted by Gasteiger charge is 2.33. The molecule has 1 aromatic heterocycles. The van der Waals surface area contributed by atoms with E-state index in [0.29, 0.717) is 30.2 Å². The van der Waals surface area contributed by atoms with Crippen LogP contribution in [0.15, 0.2) is 24.3 Å². The summed E-state index contributed by atoms with van der Waals surface area (Å²) in [5.74, 6) is 2.24. The van der Waals surface area contributed by atoms with Gasteiger partial charge in [-0.1, -0.05) is 31.5 Å². The summed E-state index contributed by atoms with van der Waals surface area (Å²) in [5.41, 5.74) is 2.65. The summed E-state index contributed by atoms with van der Waals surface area (Å²) in [6.45, 7) is 7.99. The molecule has 6 nitrogen and oxygen atoms in total. The second kappa shape index (κ2) is 8.72. The number of ether oxygens (including phenoxy) is 2. The van der Waals surface area contributed by atoms with Gasteiger partial charge in [0.15, 0.2) is 11.5 Å². The van der Waals surface area contributed by atoms with Crippen molar-refractivity contribution in [2.24, 2.45) is 11.8 Å². The second-order valence-corrected chi connectivity index (χ2v) is 8.78. The van der Waals surface area contributed by atoms with E-state index < -0.39 is 0 Å². The van der Waals surface area contributed by atoms with Gasteiger partial charge in [0.1, 0.15) is 18.4 Å². The average Bonchev–Trinajstić information content (AvgIpc) is 3.52. The van der Waals surface area contributed by atoms with E-state index in [1.807, 2.05) is 25.1 Å². The molecule has 4 rings (SSSR count). The van der Waals surface area contributed by atoms with Gasteiger partial charge in [-0.2, -0.15) is 5.10 Å². The van der Waals surface area contributed by atoms with Crippen LogP contribution in [-0.2, 0) is 11.3 Å². The number of hydrogen-bond acceptors (Lipinski definition) is 4. The Balaban J connectivity index is 1.48. The predicted octanol–water partition coefficient (Wildman–Crippen LogP) is 4.55. The summed E-state index contributed by atoms with van der Waals surface area (Å²) in [6, 6.07) is 5.88. The van der Waals surface area contributed by atoms with Crippen LogP contribution in [-0.4, -0.2) is 28.9 Å². The molecule has 1 unspecified atom stereocenters. The molecule has 1 aliphatic heterocycles. The van der Waals surface area contributed by atoms with Crippen LogP contribution in [0.4, 0.5) is 0 Å². The lowest BCUT2D eigenvalue weighted by Crippen LogP contribution is -2.28. The number of carbonyl (C=O) groups is 1. The number of nitrogens with zero attached hydrogens (tertiary/aromatic N) is 2. The van der Waals surface area contributed by atoms with Crippen LogP contribution in [0.3, 0.4) is 0 Å². The Labute approximate surface area is 182 Å². The fraction of sp³-hybridized carbons (Fsp3) is 0.478. The fourth-order valence-electron chi connectivity index (χ4n) is 3.74. The number of nitrogens with one attached hydrogen (secondary N) is 1. The zero-order valence-corrected chi connectivity index (χ0v) is 18.4. The van der Waals surface area contributed by atoms with E-state index in [2.05, 4.69) is 24.3 Å². The van der Waals surface area contributed by atoms with E-state index in [4.69, 9.17) is 21.1 Å². The lowest BCUT2D eigenvalue weighted by atomic mass is 10.0. The van der Waals surface area contributed by atoms with E-state index in [-0.39, 0.29) is 11.9 Å². The number of hydrogen-bond donors (Lipinski definition) is 1. The van der Waals surface area contributed by atoms with Crippen LogP contribution in [0.1, 0.15) is 49.6 Å². The largest absolute Gasteiger partial charge is 0.486 e. The van der Waals surface area contributed by atoms with Crippen molar-refractivity contribution in [3.05, 3.63) is 46.2 Å². The number of halogens is 1. The van der Waals surface area contributed by atoms with Crippen LogP contribution >= 0.6 is 11.6 Å². The quantitative estimate of drug-likeness (QED) is 0.655. The highest BCUT2D eigenvalue weighted by Crippen LogP contribution is 2.43. The molecule has 7 heteroatoms. The Morgan fingerprint density at radius 2 is 2.03 bits per heavy atom.